The standard InChI is InChI=1S/C17H14ClN3O2/c1-23-16-8-5-13(18)11-15(16)20-17(22)12-3-6-14(7-4-12)21-10-2-9-19-21/h2-11H,1H3,(H,20,22). The van der Waals surface area contributed by atoms with Crippen LogP contribution in [0.3, 0.4) is 0 Å². The maximum Gasteiger partial charge on any atom is 0.255 e. The zero-order valence-corrected chi connectivity index (χ0v) is 13.1. The first kappa shape index (κ1) is 15.1. The third-order valence-corrected chi connectivity index (χ3v) is 3.54. The predicted octanol–water partition coefficient (Wildman–Crippen LogP) is 3.79. The molecule has 116 valence electrons. The summed E-state index contributed by atoms with van der Waals surface area (Å²) >= 11 is 5.96. The quantitative estimate of drug-likeness (QED) is 0.793. The minimum Gasteiger partial charge on any atom is -0.495 e. The van der Waals surface area contributed by atoms with E-state index < -0.39 is 0 Å². The van der Waals surface area contributed by atoms with Gasteiger partial charge in [-0.25, -0.2) is 4.68 Å². The van der Waals surface area contributed by atoms with Gasteiger partial charge in [0.15, 0.2) is 0 Å². The molecule has 3 aromatic rings. The predicted molar refractivity (Wildman–Crippen MR) is 89.5 cm³/mol. The van der Waals surface area contributed by atoms with Crippen molar-refractivity contribution >= 4 is 23.2 Å². The number of aromatic nitrogens is 2. The van der Waals surface area contributed by atoms with Crippen molar-refractivity contribution in [1.82, 2.24) is 9.78 Å². The van der Waals surface area contributed by atoms with E-state index in [-0.39, 0.29) is 5.91 Å². The molecule has 0 bridgehead atoms. The highest BCUT2D eigenvalue weighted by atomic mass is 35.5. The van der Waals surface area contributed by atoms with Crippen LogP contribution in [0.1, 0.15) is 10.4 Å². The number of methoxy groups -OCH3 is 1. The van der Waals surface area contributed by atoms with Crippen LogP contribution in [0.25, 0.3) is 5.69 Å². The fraction of sp³-hybridized carbons (Fsp3) is 0.0588. The van der Waals surface area contributed by atoms with Gasteiger partial charge in [-0.3, -0.25) is 4.79 Å². The molecule has 0 radical (unpaired) electrons. The second kappa shape index (κ2) is 6.54. The first-order valence-corrected chi connectivity index (χ1v) is 7.30. The van der Waals surface area contributed by atoms with Crippen molar-refractivity contribution in [2.24, 2.45) is 0 Å². The van der Waals surface area contributed by atoms with E-state index in [1.54, 1.807) is 41.2 Å². The molecular formula is C17H14ClN3O2. The van der Waals surface area contributed by atoms with Crippen molar-refractivity contribution in [3.05, 3.63) is 71.5 Å². The van der Waals surface area contributed by atoms with E-state index >= 15 is 0 Å². The Balaban J connectivity index is 1.80. The lowest BCUT2D eigenvalue weighted by Crippen LogP contribution is -2.12. The summed E-state index contributed by atoms with van der Waals surface area (Å²) in [4.78, 5) is 12.4. The molecule has 0 saturated heterocycles. The number of rotatable bonds is 4. The zero-order valence-electron chi connectivity index (χ0n) is 12.4. The van der Waals surface area contributed by atoms with Crippen molar-refractivity contribution in [3.63, 3.8) is 0 Å². The number of hydrogen-bond acceptors (Lipinski definition) is 3. The van der Waals surface area contributed by atoms with Gasteiger partial charge in [-0.15, -0.1) is 0 Å². The Morgan fingerprint density at radius 1 is 1.22 bits per heavy atom. The third-order valence-electron chi connectivity index (χ3n) is 3.31. The van der Waals surface area contributed by atoms with Crippen LogP contribution in [0.5, 0.6) is 5.75 Å². The van der Waals surface area contributed by atoms with Gasteiger partial charge in [0.25, 0.3) is 5.91 Å². The molecular weight excluding hydrogens is 314 g/mol. The van der Waals surface area contributed by atoms with Crippen molar-refractivity contribution in [2.45, 2.75) is 0 Å². The number of halogens is 1. The monoisotopic (exact) mass is 327 g/mol. The van der Waals surface area contributed by atoms with Gasteiger partial charge in [0.05, 0.1) is 18.5 Å². The van der Waals surface area contributed by atoms with Crippen LogP contribution in [0, 0.1) is 0 Å². The Morgan fingerprint density at radius 3 is 2.65 bits per heavy atom. The second-order valence-corrected chi connectivity index (χ2v) is 5.23. The lowest BCUT2D eigenvalue weighted by molar-refractivity contribution is 0.102. The summed E-state index contributed by atoms with van der Waals surface area (Å²) in [7, 11) is 1.54. The van der Waals surface area contributed by atoms with Gasteiger partial charge in [0.2, 0.25) is 0 Å². The fourth-order valence-electron chi connectivity index (χ4n) is 2.16. The van der Waals surface area contributed by atoms with Crippen molar-refractivity contribution in [3.8, 4) is 11.4 Å². The van der Waals surface area contributed by atoms with E-state index in [0.717, 1.165) is 5.69 Å². The van der Waals surface area contributed by atoms with Crippen LogP contribution in [-0.2, 0) is 0 Å². The van der Waals surface area contributed by atoms with E-state index in [9.17, 15) is 4.79 Å². The summed E-state index contributed by atoms with van der Waals surface area (Å²) in [6.07, 6.45) is 3.54. The molecule has 5 nitrogen and oxygen atoms in total. The number of amides is 1. The minimum absolute atomic E-state index is 0.238. The number of benzene rings is 2. The van der Waals surface area contributed by atoms with Gasteiger partial charge in [-0.2, -0.15) is 5.10 Å². The first-order valence-electron chi connectivity index (χ1n) is 6.92. The van der Waals surface area contributed by atoms with E-state index in [1.165, 1.54) is 7.11 Å². The van der Waals surface area contributed by atoms with Gasteiger partial charge in [-0.05, 0) is 48.5 Å². The summed E-state index contributed by atoms with van der Waals surface area (Å²) in [5, 5.41) is 7.47. The van der Waals surface area contributed by atoms with Crippen molar-refractivity contribution in [1.29, 1.82) is 0 Å². The maximum absolute atomic E-state index is 12.4. The van der Waals surface area contributed by atoms with Gasteiger partial charge in [0.1, 0.15) is 5.75 Å². The summed E-state index contributed by atoms with van der Waals surface area (Å²) in [5.74, 6) is 0.313. The van der Waals surface area contributed by atoms with E-state index in [1.807, 2.05) is 24.4 Å². The van der Waals surface area contributed by atoms with Crippen molar-refractivity contribution in [2.75, 3.05) is 12.4 Å². The Hall–Kier alpha value is -2.79. The summed E-state index contributed by atoms with van der Waals surface area (Å²) in [6, 6.07) is 14.0. The van der Waals surface area contributed by atoms with Crippen LogP contribution >= 0.6 is 11.6 Å². The lowest BCUT2D eigenvalue weighted by atomic mass is 10.2. The molecule has 0 unspecified atom stereocenters. The molecule has 0 spiro atoms. The highest BCUT2D eigenvalue weighted by Gasteiger charge is 2.10. The average molecular weight is 328 g/mol. The van der Waals surface area contributed by atoms with Crippen LogP contribution in [0.4, 0.5) is 5.69 Å². The molecule has 1 N–H and O–H groups in total. The SMILES string of the molecule is COc1ccc(Cl)cc1NC(=O)c1ccc(-n2cccn2)cc1. The molecule has 0 atom stereocenters. The largest absolute Gasteiger partial charge is 0.495 e. The lowest BCUT2D eigenvalue weighted by Gasteiger charge is -2.11. The second-order valence-electron chi connectivity index (χ2n) is 4.80. The Kier molecular flexibility index (Phi) is 4.30. The van der Waals surface area contributed by atoms with E-state index in [0.29, 0.717) is 22.0 Å². The number of carbonyl (C=O) groups excluding carboxylic acids is 1. The molecule has 23 heavy (non-hydrogen) atoms. The molecule has 0 fully saturated rings. The molecule has 0 saturated carbocycles. The Morgan fingerprint density at radius 2 is 2.00 bits per heavy atom. The summed E-state index contributed by atoms with van der Waals surface area (Å²) in [6.45, 7) is 0. The highest BCUT2D eigenvalue weighted by molar-refractivity contribution is 6.31. The number of nitrogens with zero attached hydrogens (tertiary/aromatic N) is 2. The fourth-order valence-corrected chi connectivity index (χ4v) is 2.33. The van der Waals surface area contributed by atoms with Crippen LogP contribution in [0.2, 0.25) is 5.02 Å². The van der Waals surface area contributed by atoms with Crippen molar-refractivity contribution < 1.29 is 9.53 Å². The highest BCUT2D eigenvalue weighted by Crippen LogP contribution is 2.28. The molecule has 1 aromatic heterocycles. The molecule has 6 heteroatoms. The number of hydrogen-bond donors (Lipinski definition) is 1. The van der Waals surface area contributed by atoms with Crippen LogP contribution < -0.4 is 10.1 Å². The molecule has 2 aromatic carbocycles. The van der Waals surface area contributed by atoms with Gasteiger partial charge in [-0.1, -0.05) is 11.6 Å². The van der Waals surface area contributed by atoms with Crippen LogP contribution in [0.15, 0.2) is 60.9 Å². The maximum atomic E-state index is 12.4. The number of ether oxygens (including phenoxy) is 1. The number of carbonyl (C=O) groups is 1. The van der Waals surface area contributed by atoms with Gasteiger partial charge < -0.3 is 10.1 Å². The Bertz CT molecular complexity index is 814. The van der Waals surface area contributed by atoms with Crippen LogP contribution in [-0.4, -0.2) is 22.8 Å². The molecule has 1 heterocycles. The number of nitrogens with one attached hydrogen (secondary N) is 1. The molecule has 0 aliphatic carbocycles. The normalized spacial score (nSPS) is 10.3. The van der Waals surface area contributed by atoms with Gasteiger partial charge >= 0.3 is 0 Å². The molecule has 0 aliphatic heterocycles. The average Bonchev–Trinajstić information content (AvgIpc) is 3.10. The summed E-state index contributed by atoms with van der Waals surface area (Å²) < 4.78 is 6.94. The smallest absolute Gasteiger partial charge is 0.255 e. The Labute approximate surface area is 138 Å². The number of anilines is 1. The van der Waals surface area contributed by atoms with E-state index in [4.69, 9.17) is 16.3 Å². The molecule has 1 amide bonds. The summed E-state index contributed by atoms with van der Waals surface area (Å²) in [5.41, 5.74) is 1.94. The minimum atomic E-state index is -0.238. The van der Waals surface area contributed by atoms with E-state index in [2.05, 4.69) is 10.4 Å². The first-order chi connectivity index (χ1) is 11.2. The third kappa shape index (κ3) is 3.35. The zero-order chi connectivity index (χ0) is 16.2. The molecule has 3 rings (SSSR count). The topological polar surface area (TPSA) is 56.1 Å². The molecule has 0 aliphatic rings. The van der Waals surface area contributed by atoms with Gasteiger partial charge in [0, 0.05) is 23.0 Å².